The minimum absolute atomic E-state index is 0.0227. The lowest BCUT2D eigenvalue weighted by Gasteiger charge is -2.22. The number of hydrogen-bond acceptors (Lipinski definition) is 5. The van der Waals surface area contributed by atoms with Crippen molar-refractivity contribution in [2.45, 2.75) is 469 Å². The van der Waals surface area contributed by atoms with Crippen molar-refractivity contribution in [3.05, 3.63) is 0 Å². The van der Waals surface area contributed by atoms with Crippen LogP contribution in [0.25, 0.3) is 0 Å². The molecule has 0 radical (unpaired) electrons. The number of carbonyl (C=O) groups is 2. The fourth-order valence-electron chi connectivity index (χ4n) is 12.8. The van der Waals surface area contributed by atoms with Crippen LogP contribution in [-0.2, 0) is 14.3 Å². The van der Waals surface area contributed by atoms with Gasteiger partial charge in [-0.2, -0.15) is 0 Å². The zero-order valence-corrected chi connectivity index (χ0v) is 57.0. The first-order valence-corrected chi connectivity index (χ1v) is 38.8. The number of ether oxygens (including phenoxy) is 1. The van der Waals surface area contributed by atoms with Crippen LogP contribution in [0.5, 0.6) is 0 Å². The van der Waals surface area contributed by atoms with Crippen molar-refractivity contribution >= 4 is 11.9 Å². The summed E-state index contributed by atoms with van der Waals surface area (Å²) in [7, 11) is 0. The second-order valence-corrected chi connectivity index (χ2v) is 27.1. The highest BCUT2D eigenvalue weighted by atomic mass is 16.5. The Labute approximate surface area is 521 Å². The molecule has 0 aliphatic carbocycles. The van der Waals surface area contributed by atoms with Gasteiger partial charge in [0.05, 0.1) is 25.4 Å². The number of rotatable bonds is 74. The maximum Gasteiger partial charge on any atom is 0.305 e. The van der Waals surface area contributed by atoms with Crippen LogP contribution in [0.3, 0.4) is 0 Å². The Morgan fingerprint density at radius 3 is 0.735 bits per heavy atom. The van der Waals surface area contributed by atoms with Crippen molar-refractivity contribution in [2.75, 3.05) is 13.2 Å². The van der Waals surface area contributed by atoms with E-state index in [-0.39, 0.29) is 18.5 Å². The highest BCUT2D eigenvalue weighted by Gasteiger charge is 2.20. The van der Waals surface area contributed by atoms with E-state index in [2.05, 4.69) is 19.2 Å². The molecule has 0 aromatic rings. The van der Waals surface area contributed by atoms with E-state index in [0.717, 1.165) is 38.5 Å². The Morgan fingerprint density at radius 1 is 0.289 bits per heavy atom. The van der Waals surface area contributed by atoms with Gasteiger partial charge in [0.25, 0.3) is 0 Å². The predicted molar refractivity (Wildman–Crippen MR) is 366 cm³/mol. The standard InChI is InChI=1S/C77H153NO5/c1-3-5-7-9-11-13-15-16-17-18-19-20-34-37-40-43-46-50-53-57-61-65-69-75(80)74(73-79)78-76(81)70-66-62-58-54-51-47-44-41-38-35-32-30-28-26-24-22-21-23-25-27-29-31-33-36-39-42-45-48-52-56-60-64-68-72-83-77(82)71-67-63-59-55-49-14-12-10-8-6-4-2/h74-75,79-80H,3-73H2,1-2H3,(H,78,81). The quantitative estimate of drug-likeness (QED) is 0.0417. The van der Waals surface area contributed by atoms with Gasteiger partial charge in [-0.15, -0.1) is 0 Å². The predicted octanol–water partition coefficient (Wildman–Crippen LogP) is 25.3. The summed E-state index contributed by atoms with van der Waals surface area (Å²) in [5.41, 5.74) is 0. The molecule has 0 heterocycles. The van der Waals surface area contributed by atoms with Gasteiger partial charge in [0.15, 0.2) is 0 Å². The average molecular weight is 1170 g/mol. The molecule has 0 aromatic heterocycles. The van der Waals surface area contributed by atoms with E-state index >= 15 is 0 Å². The molecule has 2 atom stereocenters. The van der Waals surface area contributed by atoms with Gasteiger partial charge >= 0.3 is 5.97 Å². The Kier molecular flexibility index (Phi) is 72.3. The molecule has 2 unspecified atom stereocenters. The number of aliphatic hydroxyl groups excluding tert-OH is 2. The molecule has 0 saturated heterocycles. The van der Waals surface area contributed by atoms with Crippen LogP contribution < -0.4 is 5.32 Å². The zero-order valence-electron chi connectivity index (χ0n) is 57.0. The van der Waals surface area contributed by atoms with Crippen molar-refractivity contribution in [3.8, 4) is 0 Å². The third-order valence-electron chi connectivity index (χ3n) is 18.7. The number of carbonyl (C=O) groups excluding carboxylic acids is 2. The van der Waals surface area contributed by atoms with Crippen LogP contribution in [-0.4, -0.2) is 47.4 Å². The fourth-order valence-corrected chi connectivity index (χ4v) is 12.8. The first-order chi connectivity index (χ1) is 41.0. The van der Waals surface area contributed by atoms with Crippen molar-refractivity contribution in [1.82, 2.24) is 5.32 Å². The van der Waals surface area contributed by atoms with E-state index in [0.29, 0.717) is 25.9 Å². The summed E-state index contributed by atoms with van der Waals surface area (Å²) in [6.07, 6.45) is 90.5. The number of aliphatic hydroxyl groups is 2. The van der Waals surface area contributed by atoms with E-state index in [4.69, 9.17) is 4.74 Å². The summed E-state index contributed by atoms with van der Waals surface area (Å²) < 4.78 is 5.48. The van der Waals surface area contributed by atoms with Crippen molar-refractivity contribution in [1.29, 1.82) is 0 Å². The van der Waals surface area contributed by atoms with E-state index in [1.165, 1.54) is 385 Å². The smallest absolute Gasteiger partial charge is 0.305 e. The summed E-state index contributed by atoms with van der Waals surface area (Å²) in [5, 5.41) is 23.5. The Hall–Kier alpha value is -1.14. The third-order valence-corrected chi connectivity index (χ3v) is 18.7. The van der Waals surface area contributed by atoms with Gasteiger partial charge in [-0.25, -0.2) is 0 Å². The molecule has 0 aromatic carbocycles. The SMILES string of the molecule is CCCCCCCCCCCCCCCCCCCCCCCCC(O)C(CO)NC(=O)CCCCCCCCCCCCCCCCCCCCCCCCCCCCCCCCCCCOC(=O)CCCCCCCCCCCCC. The van der Waals surface area contributed by atoms with Crippen molar-refractivity contribution in [2.24, 2.45) is 0 Å². The van der Waals surface area contributed by atoms with Gasteiger partial charge in [-0.1, -0.05) is 418 Å². The molecule has 0 saturated carbocycles. The topological polar surface area (TPSA) is 95.9 Å². The van der Waals surface area contributed by atoms with Gasteiger partial charge in [-0.3, -0.25) is 9.59 Å². The minimum Gasteiger partial charge on any atom is -0.466 e. The molecule has 6 nitrogen and oxygen atoms in total. The van der Waals surface area contributed by atoms with Gasteiger partial charge in [-0.05, 0) is 25.7 Å². The molecule has 0 aliphatic heterocycles. The van der Waals surface area contributed by atoms with Gasteiger partial charge < -0.3 is 20.3 Å². The molecule has 0 bridgehead atoms. The maximum absolute atomic E-state index is 12.6. The van der Waals surface area contributed by atoms with E-state index in [1.54, 1.807) is 0 Å². The molecule has 0 aliphatic rings. The number of esters is 1. The van der Waals surface area contributed by atoms with Gasteiger partial charge in [0.2, 0.25) is 5.91 Å². The number of hydrogen-bond donors (Lipinski definition) is 3. The lowest BCUT2D eigenvalue weighted by atomic mass is 10.0. The molecule has 0 fully saturated rings. The summed E-state index contributed by atoms with van der Waals surface area (Å²) >= 11 is 0. The lowest BCUT2D eigenvalue weighted by Crippen LogP contribution is -2.45. The first-order valence-electron chi connectivity index (χ1n) is 38.8. The zero-order chi connectivity index (χ0) is 59.9. The number of nitrogens with one attached hydrogen (secondary N) is 1. The van der Waals surface area contributed by atoms with E-state index < -0.39 is 12.1 Å². The second kappa shape index (κ2) is 73.3. The van der Waals surface area contributed by atoms with Crippen LogP contribution in [0, 0.1) is 0 Å². The molecule has 0 rings (SSSR count). The second-order valence-electron chi connectivity index (χ2n) is 27.1. The Balaban J connectivity index is 3.32. The Bertz CT molecular complexity index is 1210. The molecule has 0 spiro atoms. The van der Waals surface area contributed by atoms with Crippen LogP contribution in [0.15, 0.2) is 0 Å². The van der Waals surface area contributed by atoms with Gasteiger partial charge in [0, 0.05) is 12.8 Å². The van der Waals surface area contributed by atoms with Crippen molar-refractivity contribution in [3.63, 3.8) is 0 Å². The highest BCUT2D eigenvalue weighted by molar-refractivity contribution is 5.76. The van der Waals surface area contributed by atoms with Crippen LogP contribution in [0.4, 0.5) is 0 Å². The molecular formula is C77H153NO5. The highest BCUT2D eigenvalue weighted by Crippen LogP contribution is 2.20. The number of amides is 1. The Morgan fingerprint density at radius 2 is 0.494 bits per heavy atom. The first kappa shape index (κ1) is 81.9. The summed E-state index contributed by atoms with van der Waals surface area (Å²) in [6, 6.07) is -0.538. The molecule has 1 amide bonds. The van der Waals surface area contributed by atoms with Crippen LogP contribution in [0.1, 0.15) is 457 Å². The van der Waals surface area contributed by atoms with E-state index in [9.17, 15) is 19.8 Å². The molecule has 6 heteroatoms. The average Bonchev–Trinajstić information content (AvgIpc) is 3.50. The largest absolute Gasteiger partial charge is 0.466 e. The lowest BCUT2D eigenvalue weighted by molar-refractivity contribution is -0.143. The summed E-state index contributed by atoms with van der Waals surface area (Å²) in [4.78, 5) is 24.6. The third kappa shape index (κ3) is 69.8. The van der Waals surface area contributed by atoms with Crippen LogP contribution >= 0.6 is 0 Å². The summed E-state index contributed by atoms with van der Waals surface area (Å²) in [5.74, 6) is -0.00128. The summed E-state index contributed by atoms with van der Waals surface area (Å²) in [6.45, 7) is 5.01. The normalized spacial score (nSPS) is 12.4. The van der Waals surface area contributed by atoms with E-state index in [1.807, 2.05) is 0 Å². The maximum atomic E-state index is 12.6. The van der Waals surface area contributed by atoms with Crippen molar-refractivity contribution < 1.29 is 24.5 Å². The molecule has 3 N–H and O–H groups in total. The fraction of sp³-hybridized carbons (Fsp3) is 0.974. The molecule has 496 valence electrons. The minimum atomic E-state index is -0.661. The van der Waals surface area contributed by atoms with Gasteiger partial charge in [0.1, 0.15) is 0 Å². The monoisotopic (exact) mass is 1170 g/mol. The van der Waals surface area contributed by atoms with Crippen LogP contribution in [0.2, 0.25) is 0 Å². The molecule has 83 heavy (non-hydrogen) atoms. The number of unbranched alkanes of at least 4 members (excludes halogenated alkanes) is 63. The molecular weight excluding hydrogens is 1020 g/mol.